The first kappa shape index (κ1) is 38.7. The number of nitrogens with zero attached hydrogens (tertiary/aromatic N) is 1. The van der Waals surface area contributed by atoms with Crippen LogP contribution in [0.5, 0.6) is 28.7 Å². The van der Waals surface area contributed by atoms with Crippen LogP contribution in [0, 0.1) is 0 Å². The number of rotatable bonds is 9. The number of phenols is 2. The highest BCUT2D eigenvalue weighted by Crippen LogP contribution is 2.47. The first-order chi connectivity index (χ1) is 25.6. The molecule has 2 atom stereocenters. The van der Waals surface area contributed by atoms with Gasteiger partial charge < -0.3 is 39.4 Å². The number of hydrogen-bond donors (Lipinski definition) is 3. The molecular weight excluding hydrogens is 680 g/mol. The predicted molar refractivity (Wildman–Crippen MR) is 199 cm³/mol. The second-order valence-electron chi connectivity index (χ2n) is 13.3. The number of aromatic hydroxyl groups is 2. The first-order valence-electron chi connectivity index (χ1n) is 18.0. The summed E-state index contributed by atoms with van der Waals surface area (Å²) in [6, 6.07) is 12.2. The highest BCUT2D eigenvalue weighted by molar-refractivity contribution is 5.99. The van der Waals surface area contributed by atoms with Crippen LogP contribution in [0.4, 0.5) is 5.69 Å². The second kappa shape index (κ2) is 17.8. The van der Waals surface area contributed by atoms with Crippen LogP contribution in [-0.4, -0.2) is 74.3 Å². The zero-order valence-corrected chi connectivity index (χ0v) is 30.7. The molecule has 282 valence electrons. The maximum Gasteiger partial charge on any atom is 0.342 e. The number of phenolic OH excluding ortho intramolecular Hbond substituents is 2. The van der Waals surface area contributed by atoms with E-state index in [4.69, 9.17) is 18.9 Å². The Morgan fingerprint density at radius 2 is 1.68 bits per heavy atom. The number of methoxy groups -OCH3 is 3. The van der Waals surface area contributed by atoms with Crippen molar-refractivity contribution in [3.8, 4) is 28.7 Å². The summed E-state index contributed by atoms with van der Waals surface area (Å²) in [5, 5.41) is 26.3. The predicted octanol–water partition coefficient (Wildman–Crippen LogP) is 6.22. The number of para-hydroxylation sites is 1. The monoisotopic (exact) mass is 728 g/mol. The van der Waals surface area contributed by atoms with Gasteiger partial charge in [-0.2, -0.15) is 0 Å². The molecule has 5 rings (SSSR count). The summed E-state index contributed by atoms with van der Waals surface area (Å²) in [4.78, 5) is 54.8. The number of allylic oxidation sites excluding steroid dienone is 1. The molecule has 0 bridgehead atoms. The van der Waals surface area contributed by atoms with Gasteiger partial charge >= 0.3 is 5.97 Å². The number of esters is 1. The average molecular weight is 729 g/mol. The minimum absolute atomic E-state index is 0.103. The van der Waals surface area contributed by atoms with Crippen molar-refractivity contribution in [1.82, 2.24) is 5.32 Å². The molecule has 0 saturated heterocycles. The van der Waals surface area contributed by atoms with Crippen LogP contribution < -0.4 is 24.4 Å². The molecule has 0 aliphatic carbocycles. The van der Waals surface area contributed by atoms with E-state index in [0.29, 0.717) is 50.6 Å². The molecule has 12 nitrogen and oxygen atoms in total. The summed E-state index contributed by atoms with van der Waals surface area (Å²) in [6.45, 7) is 1.96. The normalized spacial score (nSPS) is 17.1. The molecule has 1 unspecified atom stereocenters. The van der Waals surface area contributed by atoms with Gasteiger partial charge in [-0.25, -0.2) is 4.79 Å². The molecule has 3 N–H and O–H groups in total. The van der Waals surface area contributed by atoms with Crippen molar-refractivity contribution in [3.63, 3.8) is 0 Å². The standard InChI is InChI=1S/C41H48N2O10/c1-25-12-10-17-29(44)16-7-5-6-14-27-20-32(45)38(39(48)37(27)41(49)53-25)30(28-21-33(50-2)40(52-4)34(22-28)51-3)23-35(46)42-24-36(47)43-19-11-15-26-13-8-9-18-31(26)43/h6,8-9,13-14,18,20-22,25,30,45,48H,5,7,10-12,15-17,19,23-24H2,1-4H3,(H,42,46)/t25-,30?/m0/s1. The lowest BCUT2D eigenvalue weighted by atomic mass is 9.84. The third-order valence-electron chi connectivity index (χ3n) is 9.73. The fraction of sp³-hybridized carbons (Fsp3) is 0.415. The number of aryl methyl sites for hydroxylation is 1. The molecule has 12 heteroatoms. The number of fused-ring (bicyclic) bond motifs is 2. The van der Waals surface area contributed by atoms with Crippen molar-refractivity contribution in [2.75, 3.05) is 39.3 Å². The van der Waals surface area contributed by atoms with Gasteiger partial charge in [0, 0.05) is 43.0 Å². The minimum atomic E-state index is -1.08. The van der Waals surface area contributed by atoms with E-state index in [2.05, 4.69) is 5.32 Å². The fourth-order valence-electron chi connectivity index (χ4n) is 7.03. The molecule has 2 aliphatic heterocycles. The number of anilines is 1. The molecule has 2 amide bonds. The molecule has 0 radical (unpaired) electrons. The maximum atomic E-state index is 13.8. The highest BCUT2D eigenvalue weighted by atomic mass is 16.5. The van der Waals surface area contributed by atoms with Crippen LogP contribution >= 0.6 is 0 Å². The number of Topliss-reactive ketones (excluding diaryl/α,β-unsaturated/α-hetero) is 1. The first-order valence-corrected chi connectivity index (χ1v) is 18.0. The van der Waals surface area contributed by atoms with E-state index >= 15 is 0 Å². The summed E-state index contributed by atoms with van der Waals surface area (Å²) < 4.78 is 22.4. The van der Waals surface area contributed by atoms with Crippen LogP contribution in [-0.2, 0) is 25.5 Å². The topological polar surface area (TPSA) is 161 Å². The number of hydrogen-bond acceptors (Lipinski definition) is 10. The Hall–Kier alpha value is -5.52. The van der Waals surface area contributed by atoms with E-state index in [1.807, 2.05) is 24.3 Å². The van der Waals surface area contributed by atoms with Gasteiger partial charge in [-0.1, -0.05) is 30.4 Å². The fourth-order valence-corrected chi connectivity index (χ4v) is 7.03. The van der Waals surface area contributed by atoms with Crippen LogP contribution in [0.15, 0.2) is 48.5 Å². The van der Waals surface area contributed by atoms with Crippen LogP contribution in [0.1, 0.15) is 96.8 Å². The molecule has 53 heavy (non-hydrogen) atoms. The number of amides is 2. The minimum Gasteiger partial charge on any atom is -0.507 e. The van der Waals surface area contributed by atoms with Gasteiger partial charge in [-0.05, 0) is 86.4 Å². The summed E-state index contributed by atoms with van der Waals surface area (Å²) in [5.41, 5.74) is 2.20. The lowest BCUT2D eigenvalue weighted by Gasteiger charge is -2.29. The number of nitrogens with one attached hydrogen (secondary N) is 1. The van der Waals surface area contributed by atoms with Crippen molar-refractivity contribution in [2.45, 2.75) is 76.7 Å². The van der Waals surface area contributed by atoms with E-state index in [1.54, 1.807) is 36.1 Å². The number of benzene rings is 3. The Kier molecular flexibility index (Phi) is 13.0. The molecule has 0 aromatic heterocycles. The van der Waals surface area contributed by atoms with E-state index in [1.165, 1.54) is 27.4 Å². The molecule has 2 heterocycles. The quantitative estimate of drug-likeness (QED) is 0.216. The van der Waals surface area contributed by atoms with Gasteiger partial charge in [0.1, 0.15) is 22.8 Å². The lowest BCUT2D eigenvalue weighted by molar-refractivity contribution is -0.125. The van der Waals surface area contributed by atoms with Gasteiger partial charge in [-0.3, -0.25) is 14.4 Å². The smallest absolute Gasteiger partial charge is 0.342 e. The van der Waals surface area contributed by atoms with Crippen LogP contribution in [0.25, 0.3) is 6.08 Å². The van der Waals surface area contributed by atoms with Crippen molar-refractivity contribution in [3.05, 3.63) is 76.4 Å². The van der Waals surface area contributed by atoms with Gasteiger partial charge in [0.15, 0.2) is 11.5 Å². The summed E-state index contributed by atoms with van der Waals surface area (Å²) in [6.07, 6.45) is 7.09. The third-order valence-corrected chi connectivity index (χ3v) is 9.73. The van der Waals surface area contributed by atoms with Gasteiger partial charge in [0.25, 0.3) is 0 Å². The van der Waals surface area contributed by atoms with E-state index in [-0.39, 0.29) is 64.3 Å². The Morgan fingerprint density at radius 1 is 0.962 bits per heavy atom. The molecule has 3 aromatic rings. The molecule has 3 aromatic carbocycles. The molecule has 0 saturated carbocycles. The Bertz CT molecular complexity index is 1840. The summed E-state index contributed by atoms with van der Waals surface area (Å²) in [7, 11) is 4.33. The van der Waals surface area contributed by atoms with E-state index in [0.717, 1.165) is 24.1 Å². The van der Waals surface area contributed by atoms with E-state index in [9.17, 15) is 29.4 Å². The summed E-state index contributed by atoms with van der Waals surface area (Å²) in [5.74, 6) is -2.70. The zero-order chi connectivity index (χ0) is 38.1. The van der Waals surface area contributed by atoms with Crippen molar-refractivity contribution in [2.24, 2.45) is 0 Å². The highest BCUT2D eigenvalue weighted by Gasteiger charge is 2.33. The SMILES string of the molecule is COc1cc(C(CC(=O)NCC(=O)N2CCCc3ccccc32)c2c(O)cc3c(c2O)C(=O)O[C@@H](C)CCCC(=O)CCCC=C3)cc(OC)c1OC. The summed E-state index contributed by atoms with van der Waals surface area (Å²) >= 11 is 0. The molecule has 0 spiro atoms. The second-order valence-corrected chi connectivity index (χ2v) is 13.3. The van der Waals surface area contributed by atoms with Gasteiger partial charge in [-0.15, -0.1) is 0 Å². The van der Waals surface area contributed by atoms with E-state index < -0.39 is 29.6 Å². The van der Waals surface area contributed by atoms with Crippen molar-refractivity contribution in [1.29, 1.82) is 0 Å². The number of ether oxygens (including phenoxy) is 4. The number of carbonyl (C=O) groups is 4. The number of carbonyl (C=O) groups excluding carboxylic acids is 4. The van der Waals surface area contributed by atoms with Gasteiger partial charge in [0.2, 0.25) is 17.6 Å². The van der Waals surface area contributed by atoms with Gasteiger partial charge in [0.05, 0.1) is 34.0 Å². The molecule has 0 fully saturated rings. The van der Waals surface area contributed by atoms with Crippen molar-refractivity contribution < 1.29 is 48.3 Å². The third kappa shape index (κ3) is 9.11. The number of ketones is 1. The Balaban J connectivity index is 1.54. The van der Waals surface area contributed by atoms with Crippen molar-refractivity contribution >= 4 is 35.3 Å². The molecule has 2 aliphatic rings. The molecular formula is C41H48N2O10. The Labute approximate surface area is 309 Å². The average Bonchev–Trinajstić information content (AvgIpc) is 3.14. The van der Waals surface area contributed by atoms with Crippen LogP contribution in [0.2, 0.25) is 0 Å². The maximum absolute atomic E-state index is 13.8. The zero-order valence-electron chi connectivity index (χ0n) is 30.7. The largest absolute Gasteiger partial charge is 0.507 e. The number of cyclic esters (lactones) is 1. The lowest BCUT2D eigenvalue weighted by Crippen LogP contribution is -2.42. The Morgan fingerprint density at radius 3 is 2.40 bits per heavy atom. The van der Waals surface area contributed by atoms with Crippen LogP contribution in [0.3, 0.4) is 0 Å².